The van der Waals surface area contributed by atoms with Gasteiger partial charge in [0.25, 0.3) is 0 Å². The molecule has 0 fully saturated rings. The lowest BCUT2D eigenvalue weighted by Gasteiger charge is -2.18. The van der Waals surface area contributed by atoms with Crippen LogP contribution >= 0.6 is 0 Å². The highest BCUT2D eigenvalue weighted by molar-refractivity contribution is 5.40. The minimum absolute atomic E-state index is 0.0124. The molecule has 100 valence electrons. The molecule has 2 rings (SSSR count). The SMILES string of the molecule is Cc1cc(N(C)CCc2ccccc2)nc(N)[n+]1[O-]. The van der Waals surface area contributed by atoms with E-state index in [-0.39, 0.29) is 5.95 Å². The molecule has 5 nitrogen and oxygen atoms in total. The smallest absolute Gasteiger partial charge is 0.392 e. The summed E-state index contributed by atoms with van der Waals surface area (Å²) in [6.07, 6.45) is 0.921. The number of hydrogen-bond acceptors (Lipinski definition) is 4. The molecule has 0 unspecified atom stereocenters. The van der Waals surface area contributed by atoms with Crippen molar-refractivity contribution in [1.82, 2.24) is 4.98 Å². The number of likely N-dealkylation sites (N-methyl/N-ethyl adjacent to an activating group) is 1. The van der Waals surface area contributed by atoms with Gasteiger partial charge in [-0.2, -0.15) is 0 Å². The van der Waals surface area contributed by atoms with Crippen LogP contribution in [0.1, 0.15) is 11.3 Å². The third kappa shape index (κ3) is 3.13. The van der Waals surface area contributed by atoms with Gasteiger partial charge in [-0.1, -0.05) is 35.3 Å². The summed E-state index contributed by atoms with van der Waals surface area (Å²) < 4.78 is 0.633. The molecule has 0 atom stereocenters. The van der Waals surface area contributed by atoms with Gasteiger partial charge in [-0.3, -0.25) is 5.73 Å². The van der Waals surface area contributed by atoms with Crippen LogP contribution in [0.5, 0.6) is 0 Å². The molecule has 0 bridgehead atoms. The predicted octanol–water partition coefficient (Wildman–Crippen LogP) is 1.28. The second-order valence-corrected chi connectivity index (χ2v) is 4.57. The first-order valence-corrected chi connectivity index (χ1v) is 6.19. The van der Waals surface area contributed by atoms with Crippen molar-refractivity contribution >= 4 is 11.8 Å². The number of nitrogens with two attached hydrogens (primary N) is 1. The number of benzene rings is 1. The fourth-order valence-electron chi connectivity index (χ4n) is 1.87. The number of nitrogens with zero attached hydrogens (tertiary/aromatic N) is 3. The quantitative estimate of drug-likeness (QED) is 0.662. The Morgan fingerprint density at radius 2 is 2.00 bits per heavy atom. The number of aryl methyl sites for hydroxylation is 1. The van der Waals surface area contributed by atoms with Gasteiger partial charge in [0.05, 0.1) is 5.69 Å². The van der Waals surface area contributed by atoms with Gasteiger partial charge in [0.1, 0.15) is 0 Å². The van der Waals surface area contributed by atoms with Gasteiger partial charge in [0.2, 0.25) is 5.82 Å². The summed E-state index contributed by atoms with van der Waals surface area (Å²) in [5, 5.41) is 11.4. The number of hydrogen-bond donors (Lipinski definition) is 1. The molecule has 1 aromatic heterocycles. The van der Waals surface area contributed by atoms with E-state index in [1.165, 1.54) is 5.56 Å². The Labute approximate surface area is 112 Å². The minimum Gasteiger partial charge on any atom is -0.740 e. The Morgan fingerprint density at radius 3 is 2.63 bits per heavy atom. The molecule has 0 saturated heterocycles. The van der Waals surface area contributed by atoms with E-state index in [9.17, 15) is 5.21 Å². The van der Waals surface area contributed by atoms with Crippen molar-refractivity contribution in [3.05, 3.63) is 52.9 Å². The van der Waals surface area contributed by atoms with Gasteiger partial charge in [-0.15, -0.1) is 0 Å². The highest BCUT2D eigenvalue weighted by Gasteiger charge is 2.12. The average Bonchev–Trinajstić information content (AvgIpc) is 2.42. The molecule has 0 aliphatic rings. The van der Waals surface area contributed by atoms with E-state index >= 15 is 0 Å². The maximum absolute atomic E-state index is 11.4. The van der Waals surface area contributed by atoms with Crippen molar-refractivity contribution in [2.45, 2.75) is 13.3 Å². The lowest BCUT2D eigenvalue weighted by atomic mass is 10.1. The monoisotopic (exact) mass is 258 g/mol. The fourth-order valence-corrected chi connectivity index (χ4v) is 1.87. The molecule has 0 spiro atoms. The normalized spacial score (nSPS) is 10.4. The summed E-state index contributed by atoms with van der Waals surface area (Å²) in [7, 11) is 1.94. The van der Waals surface area contributed by atoms with Crippen LogP contribution in [0, 0.1) is 12.1 Å². The molecular formula is C14H18N4O. The highest BCUT2D eigenvalue weighted by Crippen LogP contribution is 2.11. The third-order valence-electron chi connectivity index (χ3n) is 3.07. The number of nitrogen functional groups attached to an aromatic ring is 1. The second kappa shape index (κ2) is 5.56. The summed E-state index contributed by atoms with van der Waals surface area (Å²) in [6, 6.07) is 12.0. The van der Waals surface area contributed by atoms with E-state index in [1.54, 1.807) is 13.0 Å². The van der Waals surface area contributed by atoms with Crippen LogP contribution in [0.3, 0.4) is 0 Å². The molecule has 2 N–H and O–H groups in total. The number of aromatic nitrogens is 2. The molecule has 19 heavy (non-hydrogen) atoms. The zero-order valence-electron chi connectivity index (χ0n) is 11.2. The molecule has 0 aliphatic heterocycles. The highest BCUT2D eigenvalue weighted by atomic mass is 16.5. The Kier molecular flexibility index (Phi) is 3.85. The van der Waals surface area contributed by atoms with E-state index in [1.807, 2.05) is 30.1 Å². The van der Waals surface area contributed by atoms with Crippen LogP contribution in [0.2, 0.25) is 0 Å². The number of anilines is 2. The maximum atomic E-state index is 11.4. The molecule has 0 saturated carbocycles. The van der Waals surface area contributed by atoms with E-state index in [4.69, 9.17) is 5.73 Å². The molecule has 2 aromatic rings. The lowest BCUT2D eigenvalue weighted by Crippen LogP contribution is -2.36. The molecular weight excluding hydrogens is 240 g/mol. The predicted molar refractivity (Wildman–Crippen MR) is 75.8 cm³/mol. The Morgan fingerprint density at radius 1 is 1.32 bits per heavy atom. The molecule has 5 heteroatoms. The third-order valence-corrected chi connectivity index (χ3v) is 3.07. The van der Waals surface area contributed by atoms with Crippen LogP contribution in [-0.4, -0.2) is 18.6 Å². The maximum Gasteiger partial charge on any atom is 0.392 e. The van der Waals surface area contributed by atoms with Crippen molar-refractivity contribution in [2.24, 2.45) is 0 Å². The molecule has 0 radical (unpaired) electrons. The first-order chi connectivity index (χ1) is 9.08. The zero-order chi connectivity index (χ0) is 13.8. The molecule has 1 heterocycles. The van der Waals surface area contributed by atoms with E-state index in [0.29, 0.717) is 10.4 Å². The number of rotatable bonds is 4. The lowest BCUT2D eigenvalue weighted by molar-refractivity contribution is -0.599. The van der Waals surface area contributed by atoms with Crippen LogP contribution in [0.4, 0.5) is 11.8 Å². The van der Waals surface area contributed by atoms with E-state index in [2.05, 4.69) is 17.1 Å². The Balaban J connectivity index is 2.06. The van der Waals surface area contributed by atoms with Crippen LogP contribution in [0.25, 0.3) is 0 Å². The van der Waals surface area contributed by atoms with E-state index in [0.717, 1.165) is 18.8 Å². The van der Waals surface area contributed by atoms with Gasteiger partial charge in [-0.25, -0.2) is 4.73 Å². The van der Waals surface area contributed by atoms with Crippen LogP contribution in [0.15, 0.2) is 36.4 Å². The molecule has 0 amide bonds. The van der Waals surface area contributed by atoms with Crippen molar-refractivity contribution in [3.63, 3.8) is 0 Å². The summed E-state index contributed by atoms with van der Waals surface area (Å²) in [5.74, 6) is 0.708. The summed E-state index contributed by atoms with van der Waals surface area (Å²) in [6.45, 7) is 2.54. The first kappa shape index (κ1) is 13.1. The zero-order valence-corrected chi connectivity index (χ0v) is 11.2. The van der Waals surface area contributed by atoms with Crippen molar-refractivity contribution in [1.29, 1.82) is 0 Å². The van der Waals surface area contributed by atoms with Crippen LogP contribution < -0.4 is 15.4 Å². The second-order valence-electron chi connectivity index (χ2n) is 4.57. The topological polar surface area (TPSA) is 69.1 Å². The summed E-state index contributed by atoms with van der Waals surface area (Å²) in [5.41, 5.74) is 7.40. The standard InChI is InChI=1S/C14H18N4O/c1-11-10-13(16-14(15)18(11)19)17(2)9-8-12-6-4-3-5-7-12/h3-7,10H,8-9H2,1-2H3,(H2,15,16). The van der Waals surface area contributed by atoms with Crippen molar-refractivity contribution < 1.29 is 4.73 Å². The van der Waals surface area contributed by atoms with Gasteiger partial charge < -0.3 is 10.1 Å². The minimum atomic E-state index is -0.0124. The van der Waals surface area contributed by atoms with Gasteiger partial charge >= 0.3 is 5.95 Å². The Hall–Kier alpha value is -2.30. The van der Waals surface area contributed by atoms with Gasteiger partial charge in [0.15, 0.2) is 0 Å². The molecule has 1 aromatic carbocycles. The Bertz CT molecular complexity index is 534. The van der Waals surface area contributed by atoms with Gasteiger partial charge in [-0.05, 0) is 18.9 Å². The van der Waals surface area contributed by atoms with E-state index < -0.39 is 0 Å². The van der Waals surface area contributed by atoms with Crippen molar-refractivity contribution in [2.75, 3.05) is 24.2 Å². The first-order valence-electron chi connectivity index (χ1n) is 6.19. The van der Waals surface area contributed by atoms with Gasteiger partial charge in [0, 0.05) is 19.7 Å². The summed E-state index contributed by atoms with van der Waals surface area (Å²) >= 11 is 0. The average molecular weight is 258 g/mol. The molecule has 0 aliphatic carbocycles. The summed E-state index contributed by atoms with van der Waals surface area (Å²) in [4.78, 5) is 6.10. The van der Waals surface area contributed by atoms with Crippen molar-refractivity contribution in [3.8, 4) is 0 Å². The fraction of sp³-hybridized carbons (Fsp3) is 0.286. The van der Waals surface area contributed by atoms with Crippen LogP contribution in [-0.2, 0) is 6.42 Å². The largest absolute Gasteiger partial charge is 0.740 e.